The Labute approximate surface area is 173 Å². The number of aliphatic hydroxyl groups is 4. The summed E-state index contributed by atoms with van der Waals surface area (Å²) in [5, 5.41) is 42.1. The minimum Gasteiger partial charge on any atom is -0.390 e. The zero-order valence-corrected chi connectivity index (χ0v) is 17.0. The molecule has 0 amide bonds. The number of halogens is 1. The maximum Gasteiger partial charge on any atom is 0.235 e. The molecule has 164 valence electrons. The number of aliphatic hydroxyl groups excluding tert-OH is 3. The van der Waals surface area contributed by atoms with Gasteiger partial charge in [-0.15, -0.1) is 0 Å². The van der Waals surface area contributed by atoms with E-state index in [1.807, 2.05) is 0 Å². The fourth-order valence-corrected chi connectivity index (χ4v) is 6.92. The van der Waals surface area contributed by atoms with Crippen LogP contribution in [0.2, 0.25) is 0 Å². The van der Waals surface area contributed by atoms with Crippen LogP contribution in [-0.4, -0.2) is 67.9 Å². The summed E-state index contributed by atoms with van der Waals surface area (Å²) < 4.78 is 16.9. The van der Waals surface area contributed by atoms with E-state index in [1.54, 1.807) is 6.92 Å². The second-order valence-electron chi connectivity index (χ2n) is 9.69. The zero-order valence-electron chi connectivity index (χ0n) is 17.0. The van der Waals surface area contributed by atoms with Gasteiger partial charge in [-0.25, -0.2) is 4.39 Å². The topological polar surface area (TPSA) is 132 Å². The predicted octanol–water partition coefficient (Wildman–Crippen LogP) is 0.190. The molecule has 30 heavy (non-hydrogen) atoms. The molecule has 0 spiro atoms. The Morgan fingerprint density at radius 2 is 1.87 bits per heavy atom. The summed E-state index contributed by atoms with van der Waals surface area (Å²) >= 11 is 0. The van der Waals surface area contributed by atoms with Gasteiger partial charge in [0.25, 0.3) is 0 Å². The van der Waals surface area contributed by atoms with E-state index in [0.717, 1.165) is 0 Å². The summed E-state index contributed by atoms with van der Waals surface area (Å²) in [6, 6.07) is 0. The molecule has 4 aliphatic rings. The first-order valence-electron chi connectivity index (χ1n) is 10.3. The van der Waals surface area contributed by atoms with Gasteiger partial charge in [0, 0.05) is 16.7 Å². The SMILES string of the molecule is C[C@]12C=CC(=O)C=C1CC[C@H]1[C@@H]3C[C@@H](O)[C@](O)(C(=O)C(=O)CO)[C@@]3(C)C[C@H](O)[C@@]12F. The van der Waals surface area contributed by atoms with Crippen LogP contribution in [0.15, 0.2) is 23.8 Å². The number of allylic oxidation sites excluding steroid dienone is 4. The van der Waals surface area contributed by atoms with Crippen molar-refractivity contribution in [3.8, 4) is 0 Å². The van der Waals surface area contributed by atoms with Crippen LogP contribution < -0.4 is 0 Å². The van der Waals surface area contributed by atoms with Gasteiger partial charge in [-0.3, -0.25) is 14.4 Å². The van der Waals surface area contributed by atoms with E-state index in [1.165, 1.54) is 25.2 Å². The summed E-state index contributed by atoms with van der Waals surface area (Å²) in [7, 11) is 0. The molecule has 3 saturated carbocycles. The molecule has 0 radical (unpaired) electrons. The summed E-state index contributed by atoms with van der Waals surface area (Å²) in [4.78, 5) is 36.4. The van der Waals surface area contributed by atoms with Gasteiger partial charge >= 0.3 is 0 Å². The van der Waals surface area contributed by atoms with Crippen LogP contribution >= 0.6 is 0 Å². The highest BCUT2D eigenvalue weighted by Crippen LogP contribution is 2.69. The van der Waals surface area contributed by atoms with Crippen LogP contribution in [0.1, 0.15) is 39.5 Å². The maximum absolute atomic E-state index is 16.9. The van der Waals surface area contributed by atoms with Gasteiger partial charge in [-0.1, -0.05) is 18.6 Å². The Hall–Kier alpha value is -1.74. The third-order valence-electron chi connectivity index (χ3n) is 8.60. The first-order chi connectivity index (χ1) is 13.9. The number of alkyl halides is 1. The summed E-state index contributed by atoms with van der Waals surface area (Å²) in [5.74, 6) is -4.29. The number of Topliss-reactive ketones (excluding diaryl/α,β-unsaturated/α-hetero) is 2. The second kappa shape index (κ2) is 6.38. The molecular weight excluding hydrogens is 395 g/mol. The van der Waals surface area contributed by atoms with Gasteiger partial charge < -0.3 is 20.4 Å². The van der Waals surface area contributed by atoms with E-state index in [0.29, 0.717) is 12.0 Å². The van der Waals surface area contributed by atoms with Crippen molar-refractivity contribution < 1.29 is 39.2 Å². The van der Waals surface area contributed by atoms with Crippen molar-refractivity contribution >= 4 is 17.3 Å². The van der Waals surface area contributed by atoms with Crippen LogP contribution in [0.4, 0.5) is 4.39 Å². The van der Waals surface area contributed by atoms with Gasteiger partial charge in [-0.2, -0.15) is 0 Å². The Morgan fingerprint density at radius 3 is 2.50 bits per heavy atom. The molecule has 8 atom stereocenters. The molecule has 4 aliphatic carbocycles. The van der Waals surface area contributed by atoms with Crippen molar-refractivity contribution in [2.75, 3.05) is 6.61 Å². The highest BCUT2D eigenvalue weighted by Gasteiger charge is 2.76. The predicted molar refractivity (Wildman–Crippen MR) is 102 cm³/mol. The third-order valence-corrected chi connectivity index (χ3v) is 8.60. The molecular formula is C22H27FO7. The lowest BCUT2D eigenvalue weighted by Crippen LogP contribution is -2.70. The third kappa shape index (κ3) is 2.25. The largest absolute Gasteiger partial charge is 0.390 e. The number of carbonyl (C=O) groups excluding carboxylic acids is 3. The first kappa shape index (κ1) is 21.5. The highest BCUT2D eigenvalue weighted by molar-refractivity contribution is 6.41. The Kier molecular flexibility index (Phi) is 4.57. The lowest BCUT2D eigenvalue weighted by Gasteiger charge is -2.62. The number of carbonyl (C=O) groups is 3. The van der Waals surface area contributed by atoms with E-state index in [-0.39, 0.29) is 25.0 Å². The maximum atomic E-state index is 16.9. The van der Waals surface area contributed by atoms with Crippen LogP contribution in [0, 0.1) is 22.7 Å². The van der Waals surface area contributed by atoms with Crippen LogP contribution in [-0.2, 0) is 14.4 Å². The van der Waals surface area contributed by atoms with E-state index in [2.05, 4.69) is 0 Å². The lowest BCUT2D eigenvalue weighted by atomic mass is 9.44. The van der Waals surface area contributed by atoms with Gasteiger partial charge in [0.15, 0.2) is 17.1 Å². The molecule has 8 heteroatoms. The fourth-order valence-electron chi connectivity index (χ4n) is 6.92. The average molecular weight is 422 g/mol. The minimum absolute atomic E-state index is 0.113. The van der Waals surface area contributed by atoms with Crippen molar-refractivity contribution in [3.63, 3.8) is 0 Å². The molecule has 0 bridgehead atoms. The summed E-state index contributed by atoms with van der Waals surface area (Å²) in [6.45, 7) is 2.02. The first-order valence-corrected chi connectivity index (χ1v) is 10.3. The molecule has 4 rings (SSSR count). The summed E-state index contributed by atoms with van der Waals surface area (Å²) in [5.41, 5.74) is -6.79. The molecule has 0 saturated heterocycles. The molecule has 0 aromatic carbocycles. The van der Waals surface area contributed by atoms with Gasteiger partial charge in [0.1, 0.15) is 6.61 Å². The van der Waals surface area contributed by atoms with Gasteiger partial charge in [0.05, 0.1) is 12.2 Å². The van der Waals surface area contributed by atoms with E-state index in [9.17, 15) is 29.7 Å². The van der Waals surface area contributed by atoms with Crippen LogP contribution in [0.5, 0.6) is 0 Å². The number of fused-ring (bicyclic) bond motifs is 5. The highest BCUT2D eigenvalue weighted by atomic mass is 19.1. The fraction of sp³-hybridized carbons (Fsp3) is 0.682. The average Bonchev–Trinajstić information content (AvgIpc) is 2.90. The van der Waals surface area contributed by atoms with Crippen molar-refractivity contribution in [1.29, 1.82) is 0 Å². The van der Waals surface area contributed by atoms with Crippen molar-refractivity contribution in [3.05, 3.63) is 23.8 Å². The van der Waals surface area contributed by atoms with Crippen LogP contribution in [0.3, 0.4) is 0 Å². The second-order valence-corrected chi connectivity index (χ2v) is 9.69. The number of hydrogen-bond donors (Lipinski definition) is 4. The van der Waals surface area contributed by atoms with Crippen molar-refractivity contribution in [2.24, 2.45) is 22.7 Å². The Bertz CT molecular complexity index is 896. The molecule has 0 unspecified atom stereocenters. The number of hydrogen-bond acceptors (Lipinski definition) is 7. The van der Waals surface area contributed by atoms with Crippen LogP contribution in [0.25, 0.3) is 0 Å². The Morgan fingerprint density at radius 1 is 1.20 bits per heavy atom. The normalized spacial score (nSPS) is 49.7. The van der Waals surface area contributed by atoms with Crippen molar-refractivity contribution in [2.45, 2.75) is 63.0 Å². The van der Waals surface area contributed by atoms with E-state index < -0.39 is 64.3 Å². The molecule has 0 heterocycles. The monoisotopic (exact) mass is 422 g/mol. The quantitative estimate of drug-likeness (QED) is 0.477. The lowest BCUT2D eigenvalue weighted by molar-refractivity contribution is -0.221. The smallest absolute Gasteiger partial charge is 0.235 e. The molecule has 4 N–H and O–H groups in total. The van der Waals surface area contributed by atoms with E-state index >= 15 is 4.39 Å². The minimum atomic E-state index is -2.52. The summed E-state index contributed by atoms with van der Waals surface area (Å²) in [6.07, 6.45) is 1.15. The molecule has 0 aromatic heterocycles. The Balaban J connectivity index is 1.82. The molecule has 3 fully saturated rings. The molecule has 0 aromatic rings. The molecule has 7 nitrogen and oxygen atoms in total. The van der Waals surface area contributed by atoms with Gasteiger partial charge in [0.2, 0.25) is 11.6 Å². The standard InChI is InChI=1S/C22H27FO7/c1-19-6-5-12(25)7-11(19)3-4-13-14-8-16(27)22(30,18(29)15(26)10-24)20(14,2)9-17(28)21(13,19)23/h5-7,13-14,16-17,24,27-28,30H,3-4,8-10H2,1-2H3/t13-,14-,16+,17-,19-,20-,21-,22-/m0/s1. The van der Waals surface area contributed by atoms with Gasteiger partial charge in [-0.05, 0) is 50.7 Å². The van der Waals surface area contributed by atoms with Crippen molar-refractivity contribution in [1.82, 2.24) is 0 Å². The molecule has 0 aliphatic heterocycles. The number of rotatable bonds is 3. The zero-order chi connectivity index (χ0) is 22.3. The van der Waals surface area contributed by atoms with E-state index in [4.69, 9.17) is 5.11 Å². The number of ketones is 3.